The van der Waals surface area contributed by atoms with Gasteiger partial charge in [0, 0.05) is 17.8 Å². The number of carbonyl (C=O) groups excluding carboxylic acids is 2. The van der Waals surface area contributed by atoms with E-state index in [1.54, 1.807) is 6.92 Å². The van der Waals surface area contributed by atoms with E-state index < -0.39 is 11.7 Å². The molecule has 2 aromatic carbocycles. The van der Waals surface area contributed by atoms with Crippen LogP contribution in [0.5, 0.6) is 11.5 Å². The Bertz CT molecular complexity index is 812. The van der Waals surface area contributed by atoms with Crippen LogP contribution in [0.15, 0.2) is 36.4 Å². The first-order valence-electron chi connectivity index (χ1n) is 7.73. The number of hydrogen-bond acceptors (Lipinski definition) is 4. The van der Waals surface area contributed by atoms with Crippen molar-refractivity contribution in [2.45, 2.75) is 6.92 Å². The lowest BCUT2D eigenvalue weighted by atomic mass is 10.1. The third-order valence-corrected chi connectivity index (χ3v) is 3.82. The zero-order valence-electron chi connectivity index (χ0n) is 14.3. The van der Waals surface area contributed by atoms with Gasteiger partial charge in [-0.3, -0.25) is 9.59 Å². The number of amides is 2. The van der Waals surface area contributed by atoms with E-state index in [1.807, 2.05) is 0 Å². The largest absolute Gasteiger partial charge is 0.493 e. The number of ether oxygens (including phenoxy) is 2. The average Bonchev–Trinajstić information content (AvgIpc) is 2.61. The van der Waals surface area contributed by atoms with Gasteiger partial charge in [-0.1, -0.05) is 11.6 Å². The second kappa shape index (κ2) is 8.53. The molecule has 0 atom stereocenters. The van der Waals surface area contributed by atoms with E-state index in [-0.39, 0.29) is 34.6 Å². The number of primary amides is 1. The fourth-order valence-electron chi connectivity index (χ4n) is 2.35. The van der Waals surface area contributed by atoms with Crippen molar-refractivity contribution in [2.24, 2.45) is 5.73 Å². The summed E-state index contributed by atoms with van der Waals surface area (Å²) in [6, 6.07) is 8.45. The molecule has 0 heterocycles. The predicted octanol–water partition coefficient (Wildman–Crippen LogP) is 3.02. The predicted molar refractivity (Wildman–Crippen MR) is 96.4 cm³/mol. The van der Waals surface area contributed by atoms with Crippen molar-refractivity contribution in [1.82, 2.24) is 0 Å². The molecule has 26 heavy (non-hydrogen) atoms. The van der Waals surface area contributed by atoms with Crippen LogP contribution in [0.1, 0.15) is 17.3 Å². The summed E-state index contributed by atoms with van der Waals surface area (Å²) in [5.41, 5.74) is 5.86. The molecular formula is C18H18ClFN2O4. The molecule has 0 saturated heterocycles. The number of halogens is 2. The molecular weight excluding hydrogens is 363 g/mol. The molecule has 0 aliphatic heterocycles. The zero-order valence-corrected chi connectivity index (χ0v) is 15.0. The second-order valence-electron chi connectivity index (χ2n) is 5.27. The lowest BCUT2D eigenvalue weighted by Gasteiger charge is -2.22. The molecule has 2 N–H and O–H groups in total. The lowest BCUT2D eigenvalue weighted by Crippen LogP contribution is -2.30. The molecule has 6 nitrogen and oxygen atoms in total. The van der Waals surface area contributed by atoms with Gasteiger partial charge in [0.1, 0.15) is 5.82 Å². The van der Waals surface area contributed by atoms with Gasteiger partial charge in [-0.15, -0.1) is 0 Å². The summed E-state index contributed by atoms with van der Waals surface area (Å²) >= 11 is 6.18. The second-order valence-corrected chi connectivity index (χ2v) is 5.68. The number of nitrogens with zero attached hydrogens (tertiary/aromatic N) is 1. The van der Waals surface area contributed by atoms with Gasteiger partial charge in [0.2, 0.25) is 0 Å². The number of methoxy groups -OCH3 is 1. The molecule has 0 fully saturated rings. The maximum Gasteiger partial charge on any atom is 0.258 e. The summed E-state index contributed by atoms with van der Waals surface area (Å²) < 4.78 is 23.6. The maximum atomic E-state index is 13.1. The van der Waals surface area contributed by atoms with Gasteiger partial charge in [0.05, 0.1) is 12.1 Å². The summed E-state index contributed by atoms with van der Waals surface area (Å²) in [7, 11) is 1.38. The van der Waals surface area contributed by atoms with E-state index in [4.69, 9.17) is 26.8 Å². The topological polar surface area (TPSA) is 81.9 Å². The Morgan fingerprint density at radius 1 is 1.23 bits per heavy atom. The Morgan fingerprint density at radius 2 is 1.88 bits per heavy atom. The van der Waals surface area contributed by atoms with Crippen LogP contribution >= 0.6 is 11.6 Å². The molecule has 8 heteroatoms. The number of carbonyl (C=O) groups is 2. The molecule has 0 radical (unpaired) electrons. The molecule has 0 unspecified atom stereocenters. The molecule has 0 spiro atoms. The maximum absolute atomic E-state index is 13.1. The summed E-state index contributed by atoms with van der Waals surface area (Å²) in [6.07, 6.45) is 0. The highest BCUT2D eigenvalue weighted by molar-refractivity contribution is 6.33. The summed E-state index contributed by atoms with van der Waals surface area (Å²) in [5.74, 6) is -1.10. The van der Waals surface area contributed by atoms with Gasteiger partial charge in [0.25, 0.3) is 11.8 Å². The van der Waals surface area contributed by atoms with Crippen molar-refractivity contribution in [1.29, 1.82) is 0 Å². The van der Waals surface area contributed by atoms with Crippen molar-refractivity contribution < 1.29 is 23.5 Å². The van der Waals surface area contributed by atoms with Crippen molar-refractivity contribution >= 4 is 29.1 Å². The molecule has 0 aliphatic rings. The zero-order chi connectivity index (χ0) is 19.3. The molecule has 2 rings (SSSR count). The number of nitrogens with two attached hydrogens (primary N) is 1. The first-order valence-corrected chi connectivity index (χ1v) is 8.11. The number of hydrogen-bond donors (Lipinski definition) is 1. The van der Waals surface area contributed by atoms with E-state index in [0.29, 0.717) is 12.2 Å². The quantitative estimate of drug-likeness (QED) is 0.800. The fourth-order valence-corrected chi connectivity index (χ4v) is 2.61. The highest BCUT2D eigenvalue weighted by Crippen LogP contribution is 2.37. The van der Waals surface area contributed by atoms with Crippen LogP contribution in [-0.2, 0) is 4.79 Å². The summed E-state index contributed by atoms with van der Waals surface area (Å²) in [5, 5.41) is 0.101. The fraction of sp³-hybridized carbons (Fsp3) is 0.222. The van der Waals surface area contributed by atoms with Gasteiger partial charge in [-0.25, -0.2) is 4.39 Å². The Hall–Kier alpha value is -2.80. The Morgan fingerprint density at radius 3 is 2.42 bits per heavy atom. The molecule has 0 bridgehead atoms. The van der Waals surface area contributed by atoms with Crippen LogP contribution in [-0.4, -0.2) is 32.1 Å². The van der Waals surface area contributed by atoms with Gasteiger partial charge >= 0.3 is 0 Å². The third kappa shape index (κ3) is 4.43. The molecule has 0 aromatic heterocycles. The normalized spacial score (nSPS) is 10.3. The number of benzene rings is 2. The van der Waals surface area contributed by atoms with Gasteiger partial charge in [-0.2, -0.15) is 0 Å². The molecule has 0 saturated carbocycles. The Balaban J connectivity index is 2.36. The van der Waals surface area contributed by atoms with Crippen molar-refractivity contribution in [3.63, 3.8) is 0 Å². The van der Waals surface area contributed by atoms with Crippen LogP contribution in [0, 0.1) is 5.82 Å². The van der Waals surface area contributed by atoms with E-state index >= 15 is 0 Å². The molecule has 2 aromatic rings. The SMILES string of the molecule is CCN(C(=O)c1cc(Cl)c(OCC(N)=O)c(OC)c1)c1ccc(F)cc1. The minimum Gasteiger partial charge on any atom is -0.493 e. The Labute approximate surface area is 155 Å². The summed E-state index contributed by atoms with van der Waals surface area (Å²) in [6.45, 7) is 1.79. The molecule has 138 valence electrons. The number of rotatable bonds is 7. The Kier molecular flexibility index (Phi) is 6.41. The molecule has 2 amide bonds. The van der Waals surface area contributed by atoms with Crippen LogP contribution in [0.2, 0.25) is 5.02 Å². The van der Waals surface area contributed by atoms with E-state index in [0.717, 1.165) is 0 Å². The number of anilines is 1. The third-order valence-electron chi connectivity index (χ3n) is 3.53. The van der Waals surface area contributed by atoms with E-state index in [1.165, 1.54) is 48.4 Å². The first-order chi connectivity index (χ1) is 12.4. The smallest absolute Gasteiger partial charge is 0.258 e. The standard InChI is InChI=1S/C18H18ClFN2O4/c1-3-22(13-6-4-12(20)5-7-13)18(24)11-8-14(19)17(15(9-11)25-2)26-10-16(21)23/h4-9H,3,10H2,1-2H3,(H2,21,23). The van der Waals surface area contributed by atoms with Crippen molar-refractivity contribution in [3.05, 3.63) is 52.8 Å². The summed E-state index contributed by atoms with van der Waals surface area (Å²) in [4.78, 5) is 25.2. The molecule has 0 aliphatic carbocycles. The first kappa shape index (κ1) is 19.5. The van der Waals surface area contributed by atoms with Crippen LogP contribution < -0.4 is 20.1 Å². The average molecular weight is 381 g/mol. The monoisotopic (exact) mass is 380 g/mol. The van der Waals surface area contributed by atoms with E-state index in [9.17, 15) is 14.0 Å². The van der Waals surface area contributed by atoms with Gasteiger partial charge in [0.15, 0.2) is 18.1 Å². The highest BCUT2D eigenvalue weighted by Gasteiger charge is 2.21. The van der Waals surface area contributed by atoms with E-state index in [2.05, 4.69) is 0 Å². The highest BCUT2D eigenvalue weighted by atomic mass is 35.5. The van der Waals surface area contributed by atoms with Crippen molar-refractivity contribution in [2.75, 3.05) is 25.2 Å². The van der Waals surface area contributed by atoms with Crippen LogP contribution in [0.25, 0.3) is 0 Å². The minimum atomic E-state index is -0.670. The van der Waals surface area contributed by atoms with Crippen molar-refractivity contribution in [3.8, 4) is 11.5 Å². The van der Waals surface area contributed by atoms with Crippen LogP contribution in [0.4, 0.5) is 10.1 Å². The minimum absolute atomic E-state index is 0.101. The van der Waals surface area contributed by atoms with Gasteiger partial charge < -0.3 is 20.1 Å². The lowest BCUT2D eigenvalue weighted by molar-refractivity contribution is -0.119. The van der Waals surface area contributed by atoms with Gasteiger partial charge in [-0.05, 0) is 43.3 Å². The van der Waals surface area contributed by atoms with Crippen LogP contribution in [0.3, 0.4) is 0 Å².